The van der Waals surface area contributed by atoms with Gasteiger partial charge in [-0.05, 0) is 25.3 Å². The van der Waals surface area contributed by atoms with Crippen LogP contribution in [0, 0.1) is 6.92 Å². The number of aryl methyl sites for hydroxylation is 1. The third kappa shape index (κ3) is 4.35. The topological polar surface area (TPSA) is 103 Å². The van der Waals surface area contributed by atoms with Crippen LogP contribution in [0.4, 0.5) is 0 Å². The summed E-state index contributed by atoms with van der Waals surface area (Å²) in [5.74, 6) is 5.75. The van der Waals surface area contributed by atoms with E-state index in [2.05, 4.69) is 22.4 Å². The van der Waals surface area contributed by atoms with E-state index in [-0.39, 0.29) is 22.7 Å². The van der Waals surface area contributed by atoms with Crippen molar-refractivity contribution in [3.8, 4) is 0 Å². The molecule has 1 aromatic heterocycles. The number of aromatic nitrogens is 3. The van der Waals surface area contributed by atoms with Gasteiger partial charge in [-0.2, -0.15) is 4.68 Å². The number of nitrogen functional groups attached to an aromatic ring is 1. The number of nitrogens with zero attached hydrogens (tertiary/aromatic N) is 3. The van der Waals surface area contributed by atoms with Gasteiger partial charge in [-0.25, -0.2) is 0 Å². The molecule has 0 unspecified atom stereocenters. The number of amides is 1. The monoisotopic (exact) mass is 347 g/mol. The predicted molar refractivity (Wildman–Crippen MR) is 94.4 cm³/mol. The summed E-state index contributed by atoms with van der Waals surface area (Å²) >= 11 is 1.10. The van der Waals surface area contributed by atoms with Gasteiger partial charge in [0, 0.05) is 6.54 Å². The zero-order valence-corrected chi connectivity index (χ0v) is 14.7. The molecule has 2 rings (SSSR count). The number of carbonyl (C=O) groups is 1. The Morgan fingerprint density at radius 1 is 1.29 bits per heavy atom. The second-order valence-electron chi connectivity index (χ2n) is 5.56. The molecule has 0 bridgehead atoms. The van der Waals surface area contributed by atoms with Crippen molar-refractivity contribution in [1.29, 1.82) is 0 Å². The molecule has 128 valence electrons. The highest BCUT2D eigenvalue weighted by Gasteiger charge is 2.19. The number of nitrogens with two attached hydrogens (primary N) is 1. The Hall–Kier alpha value is -2.35. The van der Waals surface area contributed by atoms with E-state index in [1.807, 2.05) is 30.3 Å². The lowest BCUT2D eigenvalue weighted by molar-refractivity contribution is -0.120. The zero-order valence-electron chi connectivity index (χ0n) is 13.9. The highest BCUT2D eigenvalue weighted by Crippen LogP contribution is 2.19. The standard InChI is InChI=1S/C16H21N5O2S/c1-10(13-7-5-4-6-8-13)9-18-14(22)12(3)24-16-20-19-11(2)15(23)21(16)17/h4-8,10,12H,9,17H2,1-3H3,(H,18,22)/t10-,12-/m0/s1. The summed E-state index contributed by atoms with van der Waals surface area (Å²) in [7, 11) is 0. The summed E-state index contributed by atoms with van der Waals surface area (Å²) in [5, 5.41) is 10.3. The number of hydrogen-bond donors (Lipinski definition) is 2. The van der Waals surface area contributed by atoms with Crippen LogP contribution in [0.3, 0.4) is 0 Å². The average Bonchev–Trinajstić information content (AvgIpc) is 2.60. The molecule has 7 nitrogen and oxygen atoms in total. The minimum absolute atomic E-state index is 0.141. The largest absolute Gasteiger partial charge is 0.355 e. The maximum atomic E-state index is 12.2. The molecule has 3 N–H and O–H groups in total. The van der Waals surface area contributed by atoms with Gasteiger partial charge in [-0.15, -0.1) is 10.2 Å². The van der Waals surface area contributed by atoms with E-state index in [9.17, 15) is 9.59 Å². The molecule has 1 heterocycles. The van der Waals surface area contributed by atoms with Crippen LogP contribution >= 0.6 is 11.8 Å². The normalized spacial score (nSPS) is 13.3. The van der Waals surface area contributed by atoms with Crippen molar-refractivity contribution in [1.82, 2.24) is 20.2 Å². The Balaban J connectivity index is 1.93. The molecule has 1 aromatic carbocycles. The number of rotatable bonds is 6. The molecule has 0 saturated heterocycles. The first kappa shape index (κ1) is 18.0. The van der Waals surface area contributed by atoms with E-state index >= 15 is 0 Å². The van der Waals surface area contributed by atoms with Crippen molar-refractivity contribution in [3.05, 3.63) is 51.9 Å². The molecule has 0 aliphatic carbocycles. The van der Waals surface area contributed by atoms with Crippen LogP contribution in [0.1, 0.15) is 31.0 Å². The second kappa shape index (κ2) is 7.96. The second-order valence-corrected chi connectivity index (χ2v) is 6.87. The zero-order chi connectivity index (χ0) is 17.7. The number of carbonyl (C=O) groups excluding carboxylic acids is 1. The quantitative estimate of drug-likeness (QED) is 0.598. The van der Waals surface area contributed by atoms with Crippen LogP contribution in [0.15, 0.2) is 40.3 Å². The highest BCUT2D eigenvalue weighted by molar-refractivity contribution is 8.00. The number of hydrogen-bond acceptors (Lipinski definition) is 6. The molecule has 0 saturated carbocycles. The van der Waals surface area contributed by atoms with Gasteiger partial charge in [-0.1, -0.05) is 49.0 Å². The maximum Gasteiger partial charge on any atom is 0.294 e. The van der Waals surface area contributed by atoms with Gasteiger partial charge in [-0.3, -0.25) is 9.59 Å². The van der Waals surface area contributed by atoms with Gasteiger partial charge in [0.25, 0.3) is 5.56 Å². The van der Waals surface area contributed by atoms with Crippen molar-refractivity contribution in [2.45, 2.75) is 37.1 Å². The first-order chi connectivity index (χ1) is 11.4. The number of thioether (sulfide) groups is 1. The number of nitrogens with one attached hydrogen (secondary N) is 1. The van der Waals surface area contributed by atoms with Crippen LogP contribution in [-0.2, 0) is 4.79 Å². The molecule has 0 fully saturated rings. The van der Waals surface area contributed by atoms with Crippen molar-refractivity contribution in [3.63, 3.8) is 0 Å². The molecule has 24 heavy (non-hydrogen) atoms. The van der Waals surface area contributed by atoms with Crippen molar-refractivity contribution < 1.29 is 4.79 Å². The van der Waals surface area contributed by atoms with Crippen LogP contribution in [0.2, 0.25) is 0 Å². The smallest absolute Gasteiger partial charge is 0.294 e. The Kier molecular flexibility index (Phi) is 5.97. The Bertz CT molecular complexity index is 763. The Morgan fingerprint density at radius 2 is 1.96 bits per heavy atom. The summed E-state index contributed by atoms with van der Waals surface area (Å²) in [6.07, 6.45) is 0. The van der Waals surface area contributed by atoms with Gasteiger partial charge < -0.3 is 11.2 Å². The van der Waals surface area contributed by atoms with Crippen LogP contribution in [-0.4, -0.2) is 32.6 Å². The van der Waals surface area contributed by atoms with Gasteiger partial charge in [0.05, 0.1) is 5.25 Å². The first-order valence-corrected chi connectivity index (χ1v) is 8.48. The van der Waals surface area contributed by atoms with Crippen molar-refractivity contribution in [2.75, 3.05) is 12.4 Å². The molecule has 2 aromatic rings. The molecule has 2 atom stereocenters. The summed E-state index contributed by atoms with van der Waals surface area (Å²) in [6.45, 7) is 5.85. The van der Waals surface area contributed by atoms with Gasteiger partial charge >= 0.3 is 0 Å². The van der Waals surface area contributed by atoms with E-state index in [4.69, 9.17) is 5.84 Å². The molecule has 0 aliphatic heterocycles. The van der Waals surface area contributed by atoms with Crippen molar-refractivity contribution >= 4 is 17.7 Å². The van der Waals surface area contributed by atoms with Crippen molar-refractivity contribution in [2.24, 2.45) is 0 Å². The van der Waals surface area contributed by atoms with E-state index in [1.54, 1.807) is 6.92 Å². The van der Waals surface area contributed by atoms with Gasteiger partial charge in [0.15, 0.2) is 0 Å². The van der Waals surface area contributed by atoms with Crippen LogP contribution < -0.4 is 16.7 Å². The summed E-state index contributed by atoms with van der Waals surface area (Å²) < 4.78 is 0.920. The lowest BCUT2D eigenvalue weighted by atomic mass is 10.0. The third-order valence-electron chi connectivity index (χ3n) is 3.62. The summed E-state index contributed by atoms with van der Waals surface area (Å²) in [5.41, 5.74) is 0.965. The average molecular weight is 347 g/mol. The van der Waals surface area contributed by atoms with Gasteiger partial charge in [0.1, 0.15) is 5.69 Å². The van der Waals surface area contributed by atoms with Crippen LogP contribution in [0.25, 0.3) is 0 Å². The molecule has 0 aliphatic rings. The molecule has 0 radical (unpaired) electrons. The van der Waals surface area contributed by atoms with E-state index in [0.29, 0.717) is 6.54 Å². The van der Waals surface area contributed by atoms with E-state index in [0.717, 1.165) is 16.4 Å². The predicted octanol–water partition coefficient (Wildman–Crippen LogP) is 1.06. The van der Waals surface area contributed by atoms with Gasteiger partial charge in [0.2, 0.25) is 11.1 Å². The fraction of sp³-hybridized carbons (Fsp3) is 0.375. The minimum atomic E-state index is -0.445. The SMILES string of the molecule is Cc1nnc(S[C@@H](C)C(=O)NC[C@H](C)c2ccccc2)n(N)c1=O. The van der Waals surface area contributed by atoms with Crippen LogP contribution in [0.5, 0.6) is 0 Å². The molecule has 8 heteroatoms. The lowest BCUT2D eigenvalue weighted by Crippen LogP contribution is -2.36. The Morgan fingerprint density at radius 3 is 2.62 bits per heavy atom. The number of benzene rings is 1. The first-order valence-electron chi connectivity index (χ1n) is 7.61. The summed E-state index contributed by atoms with van der Waals surface area (Å²) in [4.78, 5) is 24.0. The van der Waals surface area contributed by atoms with E-state index in [1.165, 1.54) is 12.5 Å². The fourth-order valence-corrected chi connectivity index (χ4v) is 2.85. The fourth-order valence-electron chi connectivity index (χ4n) is 2.06. The molecule has 1 amide bonds. The van der Waals surface area contributed by atoms with E-state index < -0.39 is 10.8 Å². The summed E-state index contributed by atoms with van der Waals surface area (Å²) in [6, 6.07) is 9.97. The molecular formula is C16H21N5O2S. The Labute approximate surface area is 144 Å². The maximum absolute atomic E-state index is 12.2. The molecular weight excluding hydrogens is 326 g/mol. The lowest BCUT2D eigenvalue weighted by Gasteiger charge is -2.16. The molecule has 0 spiro atoms. The highest BCUT2D eigenvalue weighted by atomic mass is 32.2. The third-order valence-corrected chi connectivity index (χ3v) is 4.68. The minimum Gasteiger partial charge on any atom is -0.355 e.